The topological polar surface area (TPSA) is 54.9 Å². The van der Waals surface area contributed by atoms with Crippen LogP contribution in [0.2, 0.25) is 0 Å². The molecule has 0 aliphatic rings. The maximum absolute atomic E-state index is 5.25. The van der Waals surface area contributed by atoms with Gasteiger partial charge in [0.15, 0.2) is 0 Å². The number of aromatic nitrogens is 3. The van der Waals surface area contributed by atoms with E-state index in [0.29, 0.717) is 11.3 Å². The first-order valence-electron chi connectivity index (χ1n) is 4.99. The first-order valence-corrected chi connectivity index (χ1v) is 6.99. The number of rotatable bonds is 4. The molecular formula is C10H10Br2N4OS. The highest BCUT2D eigenvalue weighted by Gasteiger charge is 2.07. The normalized spacial score (nSPS) is 10.4. The fourth-order valence-electron chi connectivity index (χ4n) is 1.45. The summed E-state index contributed by atoms with van der Waals surface area (Å²) >= 11 is 12.0. The lowest BCUT2D eigenvalue weighted by atomic mass is 10.2. The van der Waals surface area contributed by atoms with Crippen LogP contribution in [0.15, 0.2) is 27.4 Å². The average molecular weight is 394 g/mol. The van der Waals surface area contributed by atoms with Crippen LogP contribution in [0.5, 0.6) is 5.75 Å². The van der Waals surface area contributed by atoms with Crippen LogP contribution in [-0.4, -0.2) is 22.0 Å². The molecule has 0 saturated carbocycles. The van der Waals surface area contributed by atoms with Crippen molar-refractivity contribution in [3.8, 4) is 5.75 Å². The summed E-state index contributed by atoms with van der Waals surface area (Å²) in [5.74, 6) is 0.777. The van der Waals surface area contributed by atoms with Gasteiger partial charge in [0.1, 0.15) is 12.1 Å². The number of halogens is 2. The van der Waals surface area contributed by atoms with Crippen molar-refractivity contribution in [2.75, 3.05) is 12.5 Å². The van der Waals surface area contributed by atoms with Crippen LogP contribution in [0.1, 0.15) is 5.56 Å². The van der Waals surface area contributed by atoms with E-state index in [4.69, 9.17) is 17.0 Å². The predicted molar refractivity (Wildman–Crippen MR) is 78.9 cm³/mol. The Morgan fingerprint density at radius 1 is 1.44 bits per heavy atom. The Morgan fingerprint density at radius 3 is 2.61 bits per heavy atom. The molecule has 0 fully saturated rings. The monoisotopic (exact) mass is 392 g/mol. The third kappa shape index (κ3) is 2.93. The summed E-state index contributed by atoms with van der Waals surface area (Å²) in [6.07, 6.45) is 1.59. The molecule has 0 aliphatic heterocycles. The summed E-state index contributed by atoms with van der Waals surface area (Å²) in [7, 11) is 1.63. The number of hydrogen-bond donors (Lipinski definition) is 2. The van der Waals surface area contributed by atoms with E-state index in [1.165, 1.54) is 0 Å². The van der Waals surface area contributed by atoms with Gasteiger partial charge in [-0.2, -0.15) is 5.10 Å². The molecule has 96 valence electrons. The summed E-state index contributed by atoms with van der Waals surface area (Å²) in [6, 6.07) is 3.97. The van der Waals surface area contributed by atoms with Crippen molar-refractivity contribution in [2.45, 2.75) is 6.54 Å². The Morgan fingerprint density at radius 2 is 2.11 bits per heavy atom. The highest BCUT2D eigenvalue weighted by molar-refractivity contribution is 9.11. The molecule has 0 saturated heterocycles. The van der Waals surface area contributed by atoms with Crippen LogP contribution in [-0.2, 0) is 6.54 Å². The molecule has 1 aromatic carbocycles. The van der Waals surface area contributed by atoms with Crippen molar-refractivity contribution in [3.63, 3.8) is 0 Å². The standard InChI is InChI=1S/C10H10Br2N4OS/c1-17-9-7(11)2-6(3-8(9)12)4-14-16-5-13-15-10(16)18/h2-3,5,14H,4H2,1H3,(H,15,18). The molecule has 5 nitrogen and oxygen atoms in total. The lowest BCUT2D eigenvalue weighted by Gasteiger charge is -2.10. The van der Waals surface area contributed by atoms with Crippen molar-refractivity contribution in [2.24, 2.45) is 0 Å². The van der Waals surface area contributed by atoms with E-state index >= 15 is 0 Å². The molecule has 0 radical (unpaired) electrons. The zero-order chi connectivity index (χ0) is 13.1. The lowest BCUT2D eigenvalue weighted by molar-refractivity contribution is 0.409. The van der Waals surface area contributed by atoms with Gasteiger partial charge in [-0.25, -0.2) is 4.68 Å². The first-order chi connectivity index (χ1) is 8.61. The Bertz CT molecular complexity index is 587. The minimum Gasteiger partial charge on any atom is -0.494 e. The van der Waals surface area contributed by atoms with E-state index in [1.54, 1.807) is 18.1 Å². The van der Waals surface area contributed by atoms with Gasteiger partial charge in [-0.15, -0.1) is 0 Å². The van der Waals surface area contributed by atoms with E-state index < -0.39 is 0 Å². The molecule has 1 aromatic heterocycles. The summed E-state index contributed by atoms with van der Waals surface area (Å²) < 4.78 is 9.22. The number of nitrogens with zero attached hydrogens (tertiary/aromatic N) is 2. The Hall–Kier alpha value is -0.860. The number of benzene rings is 1. The van der Waals surface area contributed by atoms with Gasteiger partial charge in [0.25, 0.3) is 0 Å². The molecule has 0 unspecified atom stereocenters. The molecule has 2 aromatic rings. The van der Waals surface area contributed by atoms with E-state index in [1.807, 2.05) is 12.1 Å². The Labute approximate surface area is 126 Å². The zero-order valence-corrected chi connectivity index (χ0v) is 13.4. The van der Waals surface area contributed by atoms with Gasteiger partial charge < -0.3 is 10.2 Å². The summed E-state index contributed by atoms with van der Waals surface area (Å²) in [5.41, 5.74) is 4.22. The van der Waals surface area contributed by atoms with Crippen molar-refractivity contribution < 1.29 is 4.74 Å². The molecule has 2 rings (SSSR count). The second-order valence-corrected chi connectivity index (χ2v) is 5.55. The van der Waals surface area contributed by atoms with Crippen molar-refractivity contribution >= 4 is 44.1 Å². The quantitative estimate of drug-likeness (QED) is 0.783. The number of methoxy groups -OCH3 is 1. The Kier molecular flexibility index (Phi) is 4.41. The molecule has 0 atom stereocenters. The molecular weight excluding hydrogens is 384 g/mol. The van der Waals surface area contributed by atoms with Crippen molar-refractivity contribution in [3.05, 3.63) is 37.7 Å². The maximum atomic E-state index is 5.25. The molecule has 0 amide bonds. The summed E-state index contributed by atoms with van der Waals surface area (Å²) in [5, 5.41) is 6.50. The van der Waals surface area contributed by atoms with Crippen LogP contribution in [0, 0.1) is 4.77 Å². The van der Waals surface area contributed by atoms with Gasteiger partial charge in [-0.05, 0) is 61.8 Å². The third-order valence-corrected chi connectivity index (χ3v) is 3.73. The summed E-state index contributed by atoms with van der Waals surface area (Å²) in [4.78, 5) is 0. The van der Waals surface area contributed by atoms with Gasteiger partial charge in [-0.3, -0.25) is 5.10 Å². The fraction of sp³-hybridized carbons (Fsp3) is 0.200. The number of ether oxygens (including phenoxy) is 1. The average Bonchev–Trinajstić information content (AvgIpc) is 2.72. The van der Waals surface area contributed by atoms with Gasteiger partial charge in [0, 0.05) is 0 Å². The van der Waals surface area contributed by atoms with Crippen LogP contribution in [0.25, 0.3) is 0 Å². The number of aromatic amines is 1. The molecule has 18 heavy (non-hydrogen) atoms. The maximum Gasteiger partial charge on any atom is 0.214 e. The second kappa shape index (κ2) is 5.85. The smallest absolute Gasteiger partial charge is 0.214 e. The van der Waals surface area contributed by atoms with E-state index in [0.717, 1.165) is 20.3 Å². The molecule has 8 heteroatoms. The largest absolute Gasteiger partial charge is 0.494 e. The van der Waals surface area contributed by atoms with Crippen LogP contribution in [0.3, 0.4) is 0 Å². The first kappa shape index (κ1) is 13.6. The van der Waals surface area contributed by atoms with Crippen LogP contribution >= 0.6 is 44.1 Å². The van der Waals surface area contributed by atoms with Crippen LogP contribution in [0.4, 0.5) is 0 Å². The third-order valence-electron chi connectivity index (χ3n) is 2.27. The van der Waals surface area contributed by atoms with Gasteiger partial charge in [0.2, 0.25) is 4.77 Å². The van der Waals surface area contributed by atoms with E-state index in [-0.39, 0.29) is 0 Å². The van der Waals surface area contributed by atoms with Crippen LogP contribution < -0.4 is 10.2 Å². The molecule has 0 spiro atoms. The lowest BCUT2D eigenvalue weighted by Crippen LogP contribution is -2.13. The van der Waals surface area contributed by atoms with Crippen molar-refractivity contribution in [1.82, 2.24) is 14.9 Å². The predicted octanol–water partition coefficient (Wildman–Crippen LogP) is 3.22. The van der Waals surface area contributed by atoms with E-state index in [2.05, 4.69) is 47.5 Å². The minimum atomic E-state index is 0.529. The zero-order valence-electron chi connectivity index (χ0n) is 9.41. The molecule has 1 heterocycles. The molecule has 0 aliphatic carbocycles. The second-order valence-electron chi connectivity index (χ2n) is 3.46. The highest BCUT2D eigenvalue weighted by Crippen LogP contribution is 2.34. The number of nitrogens with one attached hydrogen (secondary N) is 2. The van der Waals surface area contributed by atoms with E-state index in [9.17, 15) is 0 Å². The fourth-order valence-corrected chi connectivity index (χ4v) is 3.22. The minimum absolute atomic E-state index is 0.529. The Balaban J connectivity index is 2.16. The highest BCUT2D eigenvalue weighted by atomic mass is 79.9. The van der Waals surface area contributed by atoms with Gasteiger partial charge in [0.05, 0.1) is 22.6 Å². The SMILES string of the molecule is COc1c(Br)cc(CNn2cn[nH]c2=S)cc1Br. The molecule has 2 N–H and O–H groups in total. The molecule has 0 bridgehead atoms. The number of hydrogen-bond acceptors (Lipinski definition) is 4. The van der Waals surface area contributed by atoms with Gasteiger partial charge >= 0.3 is 0 Å². The van der Waals surface area contributed by atoms with Crippen molar-refractivity contribution in [1.29, 1.82) is 0 Å². The summed E-state index contributed by atoms with van der Waals surface area (Å²) in [6.45, 7) is 0.620. The van der Waals surface area contributed by atoms with Gasteiger partial charge in [-0.1, -0.05) is 0 Å². The number of H-pyrrole nitrogens is 1.